The molecule has 0 saturated heterocycles. The van der Waals surface area contributed by atoms with Gasteiger partial charge >= 0.3 is 0 Å². The summed E-state index contributed by atoms with van der Waals surface area (Å²) in [5.41, 5.74) is 5.38. The Morgan fingerprint density at radius 3 is 2.95 bits per heavy atom. The molecule has 0 saturated carbocycles. The van der Waals surface area contributed by atoms with Crippen molar-refractivity contribution in [2.24, 2.45) is 5.84 Å². The average molecular weight is 307 g/mol. The monoisotopic (exact) mass is 306 g/mol. The van der Waals surface area contributed by atoms with E-state index in [1.807, 2.05) is 12.1 Å². The van der Waals surface area contributed by atoms with Crippen molar-refractivity contribution >= 4 is 11.6 Å². The molecule has 110 valence electrons. The van der Waals surface area contributed by atoms with Crippen LogP contribution in [0.2, 0.25) is 5.02 Å². The fourth-order valence-corrected chi connectivity index (χ4v) is 2.87. The molecular formula is C16H16ClFN2O. The van der Waals surface area contributed by atoms with Crippen LogP contribution in [0.5, 0.6) is 5.75 Å². The zero-order valence-electron chi connectivity index (χ0n) is 11.4. The number of hydrazine groups is 1. The minimum absolute atomic E-state index is 0.203. The van der Waals surface area contributed by atoms with Crippen molar-refractivity contribution in [3.05, 3.63) is 63.9 Å². The van der Waals surface area contributed by atoms with Crippen LogP contribution in [0, 0.1) is 5.82 Å². The molecule has 2 aromatic carbocycles. The number of fused-ring (bicyclic) bond motifs is 1. The topological polar surface area (TPSA) is 47.3 Å². The van der Waals surface area contributed by atoms with Crippen LogP contribution in [0.15, 0.2) is 36.4 Å². The molecule has 0 spiro atoms. The summed E-state index contributed by atoms with van der Waals surface area (Å²) in [5.74, 6) is 6.25. The molecular weight excluding hydrogens is 291 g/mol. The van der Waals surface area contributed by atoms with Crippen LogP contribution in [0.4, 0.5) is 4.39 Å². The molecule has 1 unspecified atom stereocenters. The van der Waals surface area contributed by atoms with Crippen molar-refractivity contribution in [2.75, 3.05) is 6.61 Å². The number of ether oxygens (including phenoxy) is 1. The minimum atomic E-state index is -0.313. The van der Waals surface area contributed by atoms with Gasteiger partial charge in [-0.05, 0) is 35.7 Å². The highest BCUT2D eigenvalue weighted by Gasteiger charge is 2.19. The predicted molar refractivity (Wildman–Crippen MR) is 80.8 cm³/mol. The molecule has 0 aromatic heterocycles. The van der Waals surface area contributed by atoms with Gasteiger partial charge in [0, 0.05) is 17.0 Å². The third kappa shape index (κ3) is 2.88. The molecule has 3 nitrogen and oxygen atoms in total. The normalized spacial score (nSPS) is 14.6. The quantitative estimate of drug-likeness (QED) is 0.674. The highest BCUT2D eigenvalue weighted by Crippen LogP contribution is 2.30. The Labute approximate surface area is 127 Å². The second-order valence-electron chi connectivity index (χ2n) is 5.09. The van der Waals surface area contributed by atoms with E-state index in [-0.39, 0.29) is 11.9 Å². The first-order valence-electron chi connectivity index (χ1n) is 6.83. The summed E-state index contributed by atoms with van der Waals surface area (Å²) < 4.78 is 19.4. The van der Waals surface area contributed by atoms with Crippen molar-refractivity contribution in [1.82, 2.24) is 5.43 Å². The first-order chi connectivity index (χ1) is 10.2. The Kier molecular flexibility index (Phi) is 4.10. The van der Waals surface area contributed by atoms with Crippen LogP contribution in [-0.2, 0) is 12.8 Å². The molecule has 5 heteroatoms. The number of halogens is 2. The first kappa shape index (κ1) is 14.3. The van der Waals surface area contributed by atoms with E-state index < -0.39 is 0 Å². The summed E-state index contributed by atoms with van der Waals surface area (Å²) in [4.78, 5) is 0. The van der Waals surface area contributed by atoms with Crippen LogP contribution in [-0.4, -0.2) is 6.61 Å². The Balaban J connectivity index is 1.89. The highest BCUT2D eigenvalue weighted by molar-refractivity contribution is 6.31. The van der Waals surface area contributed by atoms with Gasteiger partial charge in [0.1, 0.15) is 11.6 Å². The van der Waals surface area contributed by atoms with Crippen LogP contribution >= 0.6 is 11.6 Å². The number of nitrogens with two attached hydrogens (primary N) is 1. The van der Waals surface area contributed by atoms with Crippen LogP contribution in [0.3, 0.4) is 0 Å². The van der Waals surface area contributed by atoms with Gasteiger partial charge in [0.15, 0.2) is 0 Å². The second kappa shape index (κ2) is 6.02. The number of rotatable bonds is 4. The van der Waals surface area contributed by atoms with Gasteiger partial charge in [0.25, 0.3) is 0 Å². The number of nitrogens with one attached hydrogen (secondary N) is 1. The number of benzene rings is 2. The molecule has 0 radical (unpaired) electrons. The summed E-state index contributed by atoms with van der Waals surface area (Å²) >= 11 is 6.08. The van der Waals surface area contributed by atoms with Crippen molar-refractivity contribution < 1.29 is 9.13 Å². The van der Waals surface area contributed by atoms with E-state index in [1.165, 1.54) is 6.07 Å². The van der Waals surface area contributed by atoms with Gasteiger partial charge in [0.2, 0.25) is 0 Å². The summed E-state index contributed by atoms with van der Waals surface area (Å²) in [7, 11) is 0. The molecule has 0 bridgehead atoms. The molecule has 0 amide bonds. The van der Waals surface area contributed by atoms with E-state index in [2.05, 4.69) is 11.5 Å². The Hall–Kier alpha value is -1.62. The van der Waals surface area contributed by atoms with Gasteiger partial charge in [-0.3, -0.25) is 11.3 Å². The molecule has 3 rings (SSSR count). The smallest absolute Gasteiger partial charge is 0.127 e. The molecule has 0 fully saturated rings. The number of hydrogen-bond acceptors (Lipinski definition) is 3. The summed E-state index contributed by atoms with van der Waals surface area (Å²) in [5, 5.41) is 0.416. The largest absolute Gasteiger partial charge is 0.493 e. The lowest BCUT2D eigenvalue weighted by molar-refractivity contribution is 0.356. The maximum absolute atomic E-state index is 13.9. The SMILES string of the molecule is NNC(Cc1c(F)cccc1Cl)c1ccc2c(c1)CCO2. The van der Waals surface area contributed by atoms with E-state index in [0.717, 1.165) is 23.3 Å². The maximum atomic E-state index is 13.9. The zero-order valence-corrected chi connectivity index (χ0v) is 12.2. The van der Waals surface area contributed by atoms with E-state index in [4.69, 9.17) is 22.2 Å². The standard InChI is InChI=1S/C16H16ClFN2O/c17-13-2-1-3-14(18)12(13)9-15(20-19)10-4-5-16-11(8-10)6-7-21-16/h1-5,8,15,20H,6-7,9,19H2. The van der Waals surface area contributed by atoms with Gasteiger partial charge in [-0.1, -0.05) is 29.8 Å². The fourth-order valence-electron chi connectivity index (χ4n) is 2.63. The number of hydrogen-bond donors (Lipinski definition) is 2. The van der Waals surface area contributed by atoms with Crippen LogP contribution in [0.25, 0.3) is 0 Å². The van der Waals surface area contributed by atoms with Crippen LogP contribution < -0.4 is 16.0 Å². The Morgan fingerprint density at radius 1 is 1.33 bits per heavy atom. The molecule has 21 heavy (non-hydrogen) atoms. The fraction of sp³-hybridized carbons (Fsp3) is 0.250. The Morgan fingerprint density at radius 2 is 2.19 bits per heavy atom. The summed E-state index contributed by atoms with van der Waals surface area (Å²) in [6.45, 7) is 0.707. The Bertz CT molecular complexity index is 642. The zero-order chi connectivity index (χ0) is 14.8. The summed E-state index contributed by atoms with van der Waals surface area (Å²) in [6.07, 6.45) is 1.28. The van der Waals surface area contributed by atoms with Crippen molar-refractivity contribution in [2.45, 2.75) is 18.9 Å². The molecule has 1 aliphatic rings. The summed E-state index contributed by atoms with van der Waals surface area (Å²) in [6, 6.07) is 10.4. The van der Waals surface area contributed by atoms with Gasteiger partial charge in [-0.25, -0.2) is 4.39 Å². The molecule has 2 aromatic rings. The second-order valence-corrected chi connectivity index (χ2v) is 5.50. The van der Waals surface area contributed by atoms with Gasteiger partial charge in [-0.15, -0.1) is 0 Å². The lowest BCUT2D eigenvalue weighted by atomic mass is 9.97. The van der Waals surface area contributed by atoms with Gasteiger partial charge in [0.05, 0.1) is 12.6 Å². The van der Waals surface area contributed by atoms with E-state index in [9.17, 15) is 4.39 Å². The minimum Gasteiger partial charge on any atom is -0.493 e. The molecule has 3 N–H and O–H groups in total. The predicted octanol–water partition coefficient (Wildman–Crippen LogP) is 3.16. The van der Waals surface area contributed by atoms with Crippen LogP contribution in [0.1, 0.15) is 22.7 Å². The van der Waals surface area contributed by atoms with Crippen molar-refractivity contribution in [3.8, 4) is 5.75 Å². The third-order valence-electron chi connectivity index (χ3n) is 3.79. The lowest BCUT2D eigenvalue weighted by Gasteiger charge is -2.18. The first-order valence-corrected chi connectivity index (χ1v) is 7.21. The lowest BCUT2D eigenvalue weighted by Crippen LogP contribution is -2.30. The average Bonchev–Trinajstić information content (AvgIpc) is 2.94. The van der Waals surface area contributed by atoms with E-state index in [0.29, 0.717) is 23.6 Å². The molecule has 1 atom stereocenters. The van der Waals surface area contributed by atoms with Gasteiger partial charge < -0.3 is 4.74 Å². The van der Waals surface area contributed by atoms with Gasteiger partial charge in [-0.2, -0.15) is 0 Å². The molecule has 1 aliphatic heterocycles. The maximum Gasteiger partial charge on any atom is 0.127 e. The van der Waals surface area contributed by atoms with Crippen molar-refractivity contribution in [1.29, 1.82) is 0 Å². The highest BCUT2D eigenvalue weighted by atomic mass is 35.5. The molecule has 0 aliphatic carbocycles. The third-order valence-corrected chi connectivity index (χ3v) is 4.14. The van der Waals surface area contributed by atoms with E-state index >= 15 is 0 Å². The van der Waals surface area contributed by atoms with E-state index in [1.54, 1.807) is 12.1 Å². The molecule has 1 heterocycles. The van der Waals surface area contributed by atoms with Crippen molar-refractivity contribution in [3.63, 3.8) is 0 Å².